The highest BCUT2D eigenvalue weighted by molar-refractivity contribution is 7.14. The van der Waals surface area contributed by atoms with Gasteiger partial charge in [0.1, 0.15) is 5.75 Å². The van der Waals surface area contributed by atoms with Gasteiger partial charge in [-0.15, -0.1) is 11.3 Å². The second-order valence-electron chi connectivity index (χ2n) is 5.96. The van der Waals surface area contributed by atoms with Crippen LogP contribution in [0, 0.1) is 0 Å². The van der Waals surface area contributed by atoms with Crippen LogP contribution in [0.25, 0.3) is 22.0 Å². The molecule has 3 aromatic carbocycles. The number of rotatable bonds is 5. The Morgan fingerprint density at radius 1 is 1.00 bits per heavy atom. The molecule has 28 heavy (non-hydrogen) atoms. The SMILES string of the molecule is O=C(Nc1nc(-c2ccc3ccccc3c2)cs1)c1ccc(OC(F)F)cc1. The Morgan fingerprint density at radius 3 is 2.50 bits per heavy atom. The normalized spacial score (nSPS) is 11.0. The number of carbonyl (C=O) groups is 1. The van der Waals surface area contributed by atoms with Crippen molar-refractivity contribution in [2.45, 2.75) is 6.61 Å². The van der Waals surface area contributed by atoms with Crippen LogP contribution in [0.1, 0.15) is 10.4 Å². The summed E-state index contributed by atoms with van der Waals surface area (Å²) in [7, 11) is 0. The molecule has 1 N–H and O–H groups in total. The second kappa shape index (κ2) is 7.74. The highest BCUT2D eigenvalue weighted by atomic mass is 32.1. The maximum Gasteiger partial charge on any atom is 0.387 e. The molecule has 1 heterocycles. The van der Waals surface area contributed by atoms with E-state index in [1.807, 2.05) is 41.8 Å². The summed E-state index contributed by atoms with van der Waals surface area (Å²) in [5.74, 6) is -0.373. The van der Waals surface area contributed by atoms with Gasteiger partial charge in [0, 0.05) is 16.5 Å². The van der Waals surface area contributed by atoms with E-state index >= 15 is 0 Å². The van der Waals surface area contributed by atoms with E-state index in [9.17, 15) is 13.6 Å². The minimum atomic E-state index is -2.90. The molecule has 7 heteroatoms. The van der Waals surface area contributed by atoms with Crippen LogP contribution in [-0.4, -0.2) is 17.5 Å². The van der Waals surface area contributed by atoms with Gasteiger partial charge in [-0.25, -0.2) is 4.98 Å². The van der Waals surface area contributed by atoms with Crippen molar-refractivity contribution in [2.24, 2.45) is 0 Å². The van der Waals surface area contributed by atoms with E-state index in [-0.39, 0.29) is 11.7 Å². The zero-order valence-corrected chi connectivity index (χ0v) is 15.2. The summed E-state index contributed by atoms with van der Waals surface area (Å²) in [6, 6.07) is 19.6. The molecule has 4 rings (SSSR count). The first-order valence-corrected chi connectivity index (χ1v) is 9.27. The number of carbonyl (C=O) groups excluding carboxylic acids is 1. The van der Waals surface area contributed by atoms with E-state index in [0.29, 0.717) is 10.7 Å². The lowest BCUT2D eigenvalue weighted by molar-refractivity contribution is -0.0498. The van der Waals surface area contributed by atoms with E-state index in [0.717, 1.165) is 22.0 Å². The first-order chi connectivity index (χ1) is 13.6. The quantitative estimate of drug-likeness (QED) is 0.463. The molecular weight excluding hydrogens is 382 g/mol. The van der Waals surface area contributed by atoms with Crippen molar-refractivity contribution in [1.82, 2.24) is 4.98 Å². The van der Waals surface area contributed by atoms with Crippen LogP contribution in [0.3, 0.4) is 0 Å². The third-order valence-corrected chi connectivity index (χ3v) is 4.87. The monoisotopic (exact) mass is 396 g/mol. The Hall–Kier alpha value is -3.32. The molecule has 0 radical (unpaired) electrons. The van der Waals surface area contributed by atoms with Gasteiger partial charge in [0.25, 0.3) is 5.91 Å². The predicted octanol–water partition coefficient (Wildman–Crippen LogP) is 5.82. The Labute approximate surface area is 163 Å². The molecule has 0 unspecified atom stereocenters. The van der Waals surface area contributed by atoms with Gasteiger partial charge >= 0.3 is 6.61 Å². The summed E-state index contributed by atoms with van der Waals surface area (Å²) in [4.78, 5) is 16.8. The molecule has 1 aromatic heterocycles. The number of anilines is 1. The summed E-state index contributed by atoms with van der Waals surface area (Å²) in [6.07, 6.45) is 0. The van der Waals surface area contributed by atoms with Gasteiger partial charge in [0.2, 0.25) is 0 Å². The van der Waals surface area contributed by atoms with Crippen LogP contribution in [0.4, 0.5) is 13.9 Å². The molecule has 4 nitrogen and oxygen atoms in total. The van der Waals surface area contributed by atoms with Gasteiger partial charge in [-0.05, 0) is 41.1 Å². The lowest BCUT2D eigenvalue weighted by Gasteiger charge is -2.05. The van der Waals surface area contributed by atoms with E-state index in [2.05, 4.69) is 21.1 Å². The summed E-state index contributed by atoms with van der Waals surface area (Å²) in [5, 5.41) is 7.32. The van der Waals surface area contributed by atoms with Crippen LogP contribution in [0.15, 0.2) is 72.1 Å². The second-order valence-corrected chi connectivity index (χ2v) is 6.81. The van der Waals surface area contributed by atoms with Crippen LogP contribution >= 0.6 is 11.3 Å². The van der Waals surface area contributed by atoms with Gasteiger partial charge in [0.15, 0.2) is 5.13 Å². The van der Waals surface area contributed by atoms with Gasteiger partial charge < -0.3 is 4.74 Å². The molecule has 0 saturated heterocycles. The largest absolute Gasteiger partial charge is 0.435 e. The van der Waals surface area contributed by atoms with Crippen molar-refractivity contribution < 1.29 is 18.3 Å². The Balaban J connectivity index is 1.48. The first kappa shape index (κ1) is 18.1. The van der Waals surface area contributed by atoms with Crippen LogP contribution < -0.4 is 10.1 Å². The molecule has 140 valence electrons. The molecule has 0 aliphatic rings. The summed E-state index contributed by atoms with van der Waals surface area (Å²) < 4.78 is 28.6. The van der Waals surface area contributed by atoms with Gasteiger partial charge in [-0.2, -0.15) is 8.78 Å². The fourth-order valence-corrected chi connectivity index (χ4v) is 3.48. The lowest BCUT2D eigenvalue weighted by Crippen LogP contribution is -2.11. The first-order valence-electron chi connectivity index (χ1n) is 8.39. The molecule has 4 aromatic rings. The zero-order chi connectivity index (χ0) is 19.5. The third-order valence-electron chi connectivity index (χ3n) is 4.11. The summed E-state index contributed by atoms with van der Waals surface area (Å²) in [5.41, 5.74) is 2.06. The summed E-state index contributed by atoms with van der Waals surface area (Å²) >= 11 is 1.32. The number of nitrogens with one attached hydrogen (secondary N) is 1. The minimum Gasteiger partial charge on any atom is -0.435 e. The number of hydrogen-bond donors (Lipinski definition) is 1. The van der Waals surface area contributed by atoms with Gasteiger partial charge in [0.05, 0.1) is 5.69 Å². The molecule has 0 atom stereocenters. The van der Waals surface area contributed by atoms with E-state index in [1.54, 1.807) is 0 Å². The maximum absolute atomic E-state index is 12.3. The van der Waals surface area contributed by atoms with Crippen LogP contribution in [0.5, 0.6) is 5.75 Å². The highest BCUT2D eigenvalue weighted by Crippen LogP contribution is 2.28. The van der Waals surface area contributed by atoms with Crippen molar-refractivity contribution in [3.8, 4) is 17.0 Å². The Bertz CT molecular complexity index is 1130. The molecule has 0 aliphatic carbocycles. The number of thiazole rings is 1. The fourth-order valence-electron chi connectivity index (χ4n) is 2.77. The average Bonchev–Trinajstić information content (AvgIpc) is 3.16. The zero-order valence-electron chi connectivity index (χ0n) is 14.4. The molecule has 0 aliphatic heterocycles. The predicted molar refractivity (Wildman–Crippen MR) is 106 cm³/mol. The third kappa shape index (κ3) is 3.99. The standard InChI is InChI=1S/C21H14F2N2O2S/c22-20(23)27-17-9-7-14(8-10-17)19(26)25-21-24-18(12-28-21)16-6-5-13-3-1-2-4-15(13)11-16/h1-12,20H,(H,24,25,26). The molecule has 1 amide bonds. The molecular formula is C21H14F2N2O2S. The maximum atomic E-state index is 12.3. The Kier molecular flexibility index (Phi) is 4.99. The molecule has 0 spiro atoms. The smallest absolute Gasteiger partial charge is 0.387 e. The van der Waals surface area contributed by atoms with Crippen molar-refractivity contribution in [3.63, 3.8) is 0 Å². The van der Waals surface area contributed by atoms with Crippen LogP contribution in [0.2, 0.25) is 0 Å². The van der Waals surface area contributed by atoms with Crippen molar-refractivity contribution >= 4 is 33.1 Å². The molecule has 0 fully saturated rings. The van der Waals surface area contributed by atoms with Crippen molar-refractivity contribution in [3.05, 3.63) is 77.7 Å². The number of halogens is 2. The number of ether oxygens (including phenoxy) is 1. The van der Waals surface area contributed by atoms with Crippen molar-refractivity contribution in [1.29, 1.82) is 0 Å². The number of nitrogens with zero attached hydrogens (tertiary/aromatic N) is 1. The number of fused-ring (bicyclic) bond motifs is 1. The Morgan fingerprint density at radius 2 is 1.75 bits per heavy atom. The van der Waals surface area contributed by atoms with Gasteiger partial charge in [-0.3, -0.25) is 10.1 Å². The van der Waals surface area contributed by atoms with E-state index in [4.69, 9.17) is 0 Å². The number of benzene rings is 3. The average molecular weight is 396 g/mol. The highest BCUT2D eigenvalue weighted by Gasteiger charge is 2.11. The number of amides is 1. The van der Waals surface area contributed by atoms with Crippen LogP contribution in [-0.2, 0) is 0 Å². The van der Waals surface area contributed by atoms with Gasteiger partial charge in [-0.1, -0.05) is 36.4 Å². The molecule has 0 bridgehead atoms. The summed E-state index contributed by atoms with van der Waals surface area (Å²) in [6.45, 7) is -2.90. The van der Waals surface area contributed by atoms with E-state index in [1.165, 1.54) is 35.6 Å². The minimum absolute atomic E-state index is 0.000566. The van der Waals surface area contributed by atoms with Crippen molar-refractivity contribution in [2.75, 3.05) is 5.32 Å². The fraction of sp³-hybridized carbons (Fsp3) is 0.0476. The number of aromatic nitrogens is 1. The molecule has 0 saturated carbocycles. The topological polar surface area (TPSA) is 51.2 Å². The lowest BCUT2D eigenvalue weighted by atomic mass is 10.1. The number of hydrogen-bond acceptors (Lipinski definition) is 4. The van der Waals surface area contributed by atoms with E-state index < -0.39 is 6.61 Å². The number of alkyl halides is 2.